The summed E-state index contributed by atoms with van der Waals surface area (Å²) in [6, 6.07) is 0. The number of rotatable bonds is 4. The van der Waals surface area contributed by atoms with Crippen LogP contribution in [-0.4, -0.2) is 33.6 Å². The zero-order valence-corrected chi connectivity index (χ0v) is 9.13. The highest BCUT2D eigenvalue weighted by molar-refractivity contribution is 5.86. The van der Waals surface area contributed by atoms with Gasteiger partial charge in [-0.3, -0.25) is 4.68 Å². The largest absolute Gasteiger partial charge is 0.458 e. The molecule has 88 valence electrons. The van der Waals surface area contributed by atoms with Gasteiger partial charge in [0.15, 0.2) is 5.69 Å². The van der Waals surface area contributed by atoms with E-state index in [0.29, 0.717) is 13.1 Å². The molecule has 0 atom stereocenters. The van der Waals surface area contributed by atoms with E-state index < -0.39 is 0 Å². The Hall–Kier alpha value is -1.43. The SMILES string of the molecule is NCCn1cc(C(=O)OC2CCCC2)nn1. The number of nitrogens with two attached hydrogens (primary N) is 1. The van der Waals surface area contributed by atoms with Gasteiger partial charge in [-0.05, 0) is 25.7 Å². The van der Waals surface area contributed by atoms with Crippen LogP contribution in [0.4, 0.5) is 0 Å². The number of nitrogens with zero attached hydrogens (tertiary/aromatic N) is 3. The average molecular weight is 224 g/mol. The standard InChI is InChI=1S/C10H16N4O2/c11-5-6-14-7-9(12-13-14)10(15)16-8-3-1-2-4-8/h7-8H,1-6,11H2. The van der Waals surface area contributed by atoms with Crippen LogP contribution in [-0.2, 0) is 11.3 Å². The van der Waals surface area contributed by atoms with Gasteiger partial charge in [-0.1, -0.05) is 5.21 Å². The Morgan fingerprint density at radius 2 is 2.31 bits per heavy atom. The lowest BCUT2D eigenvalue weighted by Gasteiger charge is -2.08. The third kappa shape index (κ3) is 2.57. The Kier molecular flexibility index (Phi) is 3.51. The van der Waals surface area contributed by atoms with E-state index in [1.807, 2.05) is 0 Å². The molecule has 6 heteroatoms. The molecule has 0 aliphatic heterocycles. The molecule has 16 heavy (non-hydrogen) atoms. The summed E-state index contributed by atoms with van der Waals surface area (Å²) in [5.41, 5.74) is 5.64. The van der Waals surface area contributed by atoms with Crippen LogP contribution in [0.25, 0.3) is 0 Å². The van der Waals surface area contributed by atoms with Crippen LogP contribution in [0.5, 0.6) is 0 Å². The second kappa shape index (κ2) is 5.07. The van der Waals surface area contributed by atoms with Gasteiger partial charge in [0.25, 0.3) is 0 Å². The van der Waals surface area contributed by atoms with Gasteiger partial charge < -0.3 is 10.5 Å². The van der Waals surface area contributed by atoms with Crippen molar-refractivity contribution in [3.05, 3.63) is 11.9 Å². The number of hydrogen-bond acceptors (Lipinski definition) is 5. The fraction of sp³-hybridized carbons (Fsp3) is 0.700. The van der Waals surface area contributed by atoms with E-state index in [1.54, 1.807) is 10.9 Å². The Balaban J connectivity index is 1.91. The van der Waals surface area contributed by atoms with Gasteiger partial charge in [0.1, 0.15) is 6.10 Å². The van der Waals surface area contributed by atoms with E-state index in [-0.39, 0.29) is 17.8 Å². The summed E-state index contributed by atoms with van der Waals surface area (Å²) in [5.74, 6) is -0.379. The zero-order valence-electron chi connectivity index (χ0n) is 9.13. The quantitative estimate of drug-likeness (QED) is 0.745. The van der Waals surface area contributed by atoms with Gasteiger partial charge in [0.05, 0.1) is 12.7 Å². The molecule has 0 unspecified atom stereocenters. The molecule has 1 fully saturated rings. The molecule has 0 aromatic carbocycles. The minimum atomic E-state index is -0.379. The lowest BCUT2D eigenvalue weighted by atomic mass is 10.3. The molecule has 1 aromatic rings. The first-order valence-electron chi connectivity index (χ1n) is 5.61. The lowest BCUT2D eigenvalue weighted by Crippen LogP contribution is -2.15. The number of ether oxygens (including phenoxy) is 1. The summed E-state index contributed by atoms with van der Waals surface area (Å²) in [4.78, 5) is 11.6. The van der Waals surface area contributed by atoms with Crippen LogP contribution < -0.4 is 5.73 Å². The van der Waals surface area contributed by atoms with Crippen molar-refractivity contribution in [1.29, 1.82) is 0 Å². The number of hydrogen-bond donors (Lipinski definition) is 1. The van der Waals surface area contributed by atoms with Crippen molar-refractivity contribution in [1.82, 2.24) is 15.0 Å². The van der Waals surface area contributed by atoms with Crippen LogP contribution in [0.1, 0.15) is 36.2 Å². The van der Waals surface area contributed by atoms with Crippen molar-refractivity contribution in [2.45, 2.75) is 38.3 Å². The Morgan fingerprint density at radius 3 is 3.00 bits per heavy atom. The van der Waals surface area contributed by atoms with E-state index >= 15 is 0 Å². The van der Waals surface area contributed by atoms with Gasteiger partial charge in [-0.2, -0.15) is 0 Å². The Morgan fingerprint density at radius 1 is 1.56 bits per heavy atom. The molecule has 2 N–H and O–H groups in total. The molecular formula is C10H16N4O2. The first-order valence-corrected chi connectivity index (χ1v) is 5.61. The van der Waals surface area contributed by atoms with Crippen molar-refractivity contribution >= 4 is 5.97 Å². The second-order valence-electron chi connectivity index (χ2n) is 3.97. The second-order valence-corrected chi connectivity index (χ2v) is 3.97. The summed E-state index contributed by atoms with van der Waals surface area (Å²) in [6.07, 6.45) is 5.83. The summed E-state index contributed by atoms with van der Waals surface area (Å²) in [5, 5.41) is 7.55. The Bertz CT molecular complexity index is 357. The lowest BCUT2D eigenvalue weighted by molar-refractivity contribution is 0.0310. The molecule has 1 aliphatic carbocycles. The molecule has 0 saturated heterocycles. The number of esters is 1. The highest BCUT2D eigenvalue weighted by Crippen LogP contribution is 2.21. The number of carbonyl (C=O) groups excluding carboxylic acids is 1. The third-order valence-corrected chi connectivity index (χ3v) is 2.68. The maximum atomic E-state index is 11.6. The molecule has 0 spiro atoms. The molecule has 1 aliphatic rings. The molecule has 0 radical (unpaired) electrons. The van der Waals surface area contributed by atoms with Crippen LogP contribution >= 0.6 is 0 Å². The normalized spacial score (nSPS) is 16.6. The summed E-state index contributed by atoms with van der Waals surface area (Å²) in [7, 11) is 0. The molecule has 2 rings (SSSR count). The minimum Gasteiger partial charge on any atom is -0.458 e. The molecule has 6 nitrogen and oxygen atoms in total. The maximum Gasteiger partial charge on any atom is 0.360 e. The predicted molar refractivity (Wildman–Crippen MR) is 56.7 cm³/mol. The van der Waals surface area contributed by atoms with Crippen molar-refractivity contribution < 1.29 is 9.53 Å². The van der Waals surface area contributed by atoms with Crippen LogP contribution in [0, 0.1) is 0 Å². The topological polar surface area (TPSA) is 83.0 Å². The highest BCUT2D eigenvalue weighted by atomic mass is 16.5. The molecule has 1 aromatic heterocycles. The van der Waals surface area contributed by atoms with Gasteiger partial charge >= 0.3 is 5.97 Å². The molecule has 0 bridgehead atoms. The van der Waals surface area contributed by atoms with Gasteiger partial charge in [0, 0.05) is 6.54 Å². The monoisotopic (exact) mass is 224 g/mol. The fourth-order valence-electron chi connectivity index (χ4n) is 1.85. The minimum absolute atomic E-state index is 0.0622. The molecular weight excluding hydrogens is 208 g/mol. The predicted octanol–water partition coefficient (Wildman–Crippen LogP) is 0.336. The fourth-order valence-corrected chi connectivity index (χ4v) is 1.85. The van der Waals surface area contributed by atoms with Crippen molar-refractivity contribution in [2.24, 2.45) is 5.73 Å². The van der Waals surface area contributed by atoms with E-state index in [4.69, 9.17) is 10.5 Å². The van der Waals surface area contributed by atoms with Crippen LogP contribution in [0.15, 0.2) is 6.20 Å². The number of carbonyl (C=O) groups is 1. The van der Waals surface area contributed by atoms with Gasteiger partial charge in [0.2, 0.25) is 0 Å². The van der Waals surface area contributed by atoms with E-state index in [0.717, 1.165) is 25.7 Å². The molecule has 1 heterocycles. The van der Waals surface area contributed by atoms with Crippen LogP contribution in [0.3, 0.4) is 0 Å². The first-order chi connectivity index (χ1) is 7.79. The summed E-state index contributed by atoms with van der Waals surface area (Å²) < 4.78 is 6.85. The maximum absolute atomic E-state index is 11.6. The smallest absolute Gasteiger partial charge is 0.360 e. The van der Waals surface area contributed by atoms with E-state index in [9.17, 15) is 4.79 Å². The van der Waals surface area contributed by atoms with Crippen molar-refractivity contribution in [3.63, 3.8) is 0 Å². The average Bonchev–Trinajstić information content (AvgIpc) is 2.89. The van der Waals surface area contributed by atoms with E-state index in [1.165, 1.54) is 0 Å². The third-order valence-electron chi connectivity index (χ3n) is 2.68. The van der Waals surface area contributed by atoms with E-state index in [2.05, 4.69) is 10.3 Å². The Labute approximate surface area is 93.8 Å². The van der Waals surface area contributed by atoms with Gasteiger partial charge in [-0.15, -0.1) is 5.10 Å². The number of aromatic nitrogens is 3. The van der Waals surface area contributed by atoms with Crippen LogP contribution in [0.2, 0.25) is 0 Å². The first kappa shape index (κ1) is 11.1. The summed E-state index contributed by atoms with van der Waals surface area (Å²) in [6.45, 7) is 1.03. The molecule has 1 saturated carbocycles. The summed E-state index contributed by atoms with van der Waals surface area (Å²) >= 11 is 0. The van der Waals surface area contributed by atoms with Crippen molar-refractivity contribution in [2.75, 3.05) is 6.54 Å². The zero-order chi connectivity index (χ0) is 11.4. The van der Waals surface area contributed by atoms with Gasteiger partial charge in [-0.25, -0.2) is 4.79 Å². The molecule has 0 amide bonds. The highest BCUT2D eigenvalue weighted by Gasteiger charge is 2.21. The van der Waals surface area contributed by atoms with Crippen molar-refractivity contribution in [3.8, 4) is 0 Å².